The van der Waals surface area contributed by atoms with Gasteiger partial charge >= 0.3 is 0 Å². The maximum absolute atomic E-state index is 2.42. The summed E-state index contributed by atoms with van der Waals surface area (Å²) in [4.78, 5) is 4.79. The molecule has 0 unspecified atom stereocenters. The van der Waals surface area contributed by atoms with Crippen LogP contribution in [0.15, 0.2) is 231 Å². The van der Waals surface area contributed by atoms with Crippen molar-refractivity contribution in [3.05, 3.63) is 264 Å². The molecule has 2 nitrogen and oxygen atoms in total. The first-order valence-electron chi connectivity index (χ1n) is 21.4. The predicted octanol–water partition coefficient (Wildman–Crippen LogP) is 16.4. The van der Waals surface area contributed by atoms with Crippen molar-refractivity contribution in [2.75, 3.05) is 9.80 Å². The van der Waals surface area contributed by atoms with Crippen molar-refractivity contribution < 1.29 is 0 Å². The second-order valence-electron chi connectivity index (χ2n) is 15.7. The van der Waals surface area contributed by atoms with Crippen LogP contribution in [0.5, 0.6) is 0 Å². The largest absolute Gasteiger partial charge is 0.310 e. The molecule has 0 bridgehead atoms. The summed E-state index contributed by atoms with van der Waals surface area (Å²) in [6, 6.07) is 78.6. The Morgan fingerprint density at radius 3 is 1.26 bits per heavy atom. The fourth-order valence-corrected chi connectivity index (χ4v) is 8.51. The number of hydrogen-bond donors (Lipinski definition) is 0. The molecule has 0 N–H and O–H groups in total. The van der Waals surface area contributed by atoms with E-state index in [2.05, 4.69) is 259 Å². The average molecular weight is 795 g/mol. The Kier molecular flexibility index (Phi) is 10.9. The van der Waals surface area contributed by atoms with E-state index in [4.69, 9.17) is 0 Å². The van der Waals surface area contributed by atoms with Crippen molar-refractivity contribution in [3.8, 4) is 11.1 Å². The lowest BCUT2D eigenvalue weighted by Crippen LogP contribution is -2.14. The molecular weight excluding hydrogens is 749 g/mol. The van der Waals surface area contributed by atoms with Crippen LogP contribution in [0.1, 0.15) is 33.4 Å². The van der Waals surface area contributed by atoms with E-state index >= 15 is 0 Å². The fraction of sp³-hybridized carbons (Fsp3) is 0.0333. The first-order valence-corrected chi connectivity index (χ1v) is 21.4. The monoisotopic (exact) mass is 794 g/mol. The van der Waals surface area contributed by atoms with Gasteiger partial charge in [0.25, 0.3) is 0 Å². The minimum atomic E-state index is 0.926. The average Bonchev–Trinajstić information content (AvgIpc) is 3.35. The smallest absolute Gasteiger partial charge is 0.0540 e. The Labute approximate surface area is 365 Å². The highest BCUT2D eigenvalue weighted by Gasteiger charge is 2.20. The molecule has 62 heavy (non-hydrogen) atoms. The van der Waals surface area contributed by atoms with Crippen LogP contribution < -0.4 is 9.80 Å². The zero-order valence-electron chi connectivity index (χ0n) is 34.6. The molecule has 0 heterocycles. The molecule has 0 aliphatic heterocycles. The van der Waals surface area contributed by atoms with Gasteiger partial charge in [0.2, 0.25) is 0 Å². The standard InChI is InChI=1S/C60H46N2/c1-3-13-45(14-4-1)25-27-47-29-37-53(38-30-47)61(59-23-11-19-51-17-7-9-21-57(51)59)55-41-33-49(34-42-55)50-35-43-56(44-36-50)62(60-24-12-20-52-18-8-10-22-58(52)60)54-39-31-48(32-40-54)28-26-46-15-5-2-6-16-46/h1-17,19-21,23-44H,18,22H2/b27-25?,28-26-. The molecule has 1 aliphatic carbocycles. The first kappa shape index (κ1) is 38.3. The molecule has 9 aromatic carbocycles. The molecule has 296 valence electrons. The molecule has 0 saturated heterocycles. The summed E-state index contributed by atoms with van der Waals surface area (Å²) < 4.78 is 0. The summed E-state index contributed by atoms with van der Waals surface area (Å²) in [6.07, 6.45) is 15.2. The van der Waals surface area contributed by atoms with E-state index in [0.717, 1.165) is 46.8 Å². The maximum Gasteiger partial charge on any atom is 0.0540 e. The lowest BCUT2D eigenvalue weighted by atomic mass is 9.94. The molecule has 9 aromatic rings. The van der Waals surface area contributed by atoms with Gasteiger partial charge in [0.15, 0.2) is 0 Å². The molecule has 0 aromatic heterocycles. The second-order valence-corrected chi connectivity index (χ2v) is 15.7. The van der Waals surface area contributed by atoms with Crippen molar-refractivity contribution in [2.24, 2.45) is 0 Å². The van der Waals surface area contributed by atoms with E-state index < -0.39 is 0 Å². The minimum Gasteiger partial charge on any atom is -0.310 e. The van der Waals surface area contributed by atoms with Crippen LogP contribution in [0, 0.1) is 0 Å². The van der Waals surface area contributed by atoms with Crippen LogP contribution in [0.3, 0.4) is 0 Å². The molecule has 0 saturated carbocycles. The molecule has 2 heteroatoms. The van der Waals surface area contributed by atoms with E-state index in [9.17, 15) is 0 Å². The minimum absolute atomic E-state index is 0.926. The van der Waals surface area contributed by atoms with E-state index in [1.807, 2.05) is 6.07 Å². The normalized spacial score (nSPS) is 12.2. The van der Waals surface area contributed by atoms with Gasteiger partial charge in [0, 0.05) is 33.8 Å². The van der Waals surface area contributed by atoms with Crippen LogP contribution in [0.25, 0.3) is 46.2 Å². The molecule has 0 atom stereocenters. The van der Waals surface area contributed by atoms with Crippen molar-refractivity contribution in [2.45, 2.75) is 12.8 Å². The first-order chi connectivity index (χ1) is 30.7. The Bertz CT molecular complexity index is 3010. The third-order valence-electron chi connectivity index (χ3n) is 11.7. The van der Waals surface area contributed by atoms with Gasteiger partial charge in [-0.1, -0.05) is 194 Å². The van der Waals surface area contributed by atoms with E-state index in [0.29, 0.717) is 0 Å². The third kappa shape index (κ3) is 8.28. The quantitative estimate of drug-likeness (QED) is 0.0950. The summed E-state index contributed by atoms with van der Waals surface area (Å²) in [5.41, 5.74) is 16.7. The van der Waals surface area contributed by atoms with E-state index in [1.54, 1.807) is 0 Å². The highest BCUT2D eigenvalue weighted by Crippen LogP contribution is 2.42. The Morgan fingerprint density at radius 2 is 0.710 bits per heavy atom. The van der Waals surface area contributed by atoms with Gasteiger partial charge in [-0.2, -0.15) is 0 Å². The number of nitrogens with zero attached hydrogens (tertiary/aromatic N) is 2. The number of fused-ring (bicyclic) bond motifs is 2. The van der Waals surface area contributed by atoms with Gasteiger partial charge in [-0.15, -0.1) is 0 Å². The SMILES string of the molecule is C1=CCc2c(cccc2N(c2ccc(/C=C\c3ccccc3)cc2)c2ccc(-c3ccc(N(c4ccc(C=Cc5ccccc5)cc4)c4cccc5ccccc45)cc3)cc2)C1. The van der Waals surface area contributed by atoms with Crippen LogP contribution in [-0.2, 0) is 12.8 Å². The predicted molar refractivity (Wildman–Crippen MR) is 266 cm³/mol. The Hall–Kier alpha value is -7.94. The van der Waals surface area contributed by atoms with Crippen molar-refractivity contribution >= 4 is 69.2 Å². The third-order valence-corrected chi connectivity index (χ3v) is 11.7. The molecule has 0 fully saturated rings. The number of benzene rings is 9. The second kappa shape index (κ2) is 17.7. The van der Waals surface area contributed by atoms with Crippen LogP contribution in [0.4, 0.5) is 34.1 Å². The van der Waals surface area contributed by atoms with Gasteiger partial charge in [0.05, 0.1) is 5.69 Å². The van der Waals surface area contributed by atoms with Gasteiger partial charge < -0.3 is 9.80 Å². The molecule has 0 amide bonds. The summed E-state index contributed by atoms with van der Waals surface area (Å²) in [7, 11) is 0. The van der Waals surface area contributed by atoms with Crippen LogP contribution >= 0.6 is 0 Å². The highest BCUT2D eigenvalue weighted by molar-refractivity contribution is 5.99. The summed E-state index contributed by atoms with van der Waals surface area (Å²) in [6.45, 7) is 0. The van der Waals surface area contributed by atoms with Gasteiger partial charge in [-0.3, -0.25) is 0 Å². The van der Waals surface area contributed by atoms with Gasteiger partial charge in [0.1, 0.15) is 0 Å². The molecule has 0 radical (unpaired) electrons. The maximum atomic E-state index is 2.42. The highest BCUT2D eigenvalue weighted by atomic mass is 15.1. The van der Waals surface area contributed by atoms with Crippen molar-refractivity contribution in [1.82, 2.24) is 0 Å². The van der Waals surface area contributed by atoms with Crippen molar-refractivity contribution in [1.29, 1.82) is 0 Å². The molecular formula is C60H46N2. The lowest BCUT2D eigenvalue weighted by Gasteiger charge is -2.29. The fourth-order valence-electron chi connectivity index (χ4n) is 8.51. The van der Waals surface area contributed by atoms with Gasteiger partial charge in [-0.25, -0.2) is 0 Å². The van der Waals surface area contributed by atoms with Crippen LogP contribution in [-0.4, -0.2) is 0 Å². The summed E-state index contributed by atoms with van der Waals surface area (Å²) >= 11 is 0. The summed E-state index contributed by atoms with van der Waals surface area (Å²) in [5.74, 6) is 0. The number of allylic oxidation sites excluding steroid dienone is 2. The molecule has 1 aliphatic rings. The van der Waals surface area contributed by atoms with Crippen LogP contribution in [0.2, 0.25) is 0 Å². The Morgan fingerprint density at radius 1 is 0.306 bits per heavy atom. The summed E-state index contributed by atoms with van der Waals surface area (Å²) in [5, 5.41) is 2.42. The van der Waals surface area contributed by atoms with Gasteiger partial charge in [-0.05, 0) is 123 Å². The zero-order valence-corrected chi connectivity index (χ0v) is 34.6. The molecule has 10 rings (SSSR count). The zero-order chi connectivity index (χ0) is 41.5. The van der Waals surface area contributed by atoms with E-state index in [-0.39, 0.29) is 0 Å². The van der Waals surface area contributed by atoms with E-state index in [1.165, 1.54) is 55.4 Å². The lowest BCUT2D eigenvalue weighted by molar-refractivity contribution is 1.07. The Balaban J connectivity index is 0.964. The number of hydrogen-bond acceptors (Lipinski definition) is 2. The van der Waals surface area contributed by atoms with Crippen molar-refractivity contribution in [3.63, 3.8) is 0 Å². The number of anilines is 6. The topological polar surface area (TPSA) is 6.48 Å². The molecule has 0 spiro atoms. The number of rotatable bonds is 11.